The van der Waals surface area contributed by atoms with Crippen molar-refractivity contribution in [3.05, 3.63) is 29.3 Å². The predicted octanol–water partition coefficient (Wildman–Crippen LogP) is 1.42. The van der Waals surface area contributed by atoms with Gasteiger partial charge in [0.15, 0.2) is 11.2 Å². The first-order valence-electron chi connectivity index (χ1n) is 7.53. The predicted molar refractivity (Wildman–Crippen MR) is 98.1 cm³/mol. The van der Waals surface area contributed by atoms with Gasteiger partial charge in [0.1, 0.15) is 5.75 Å². The number of ether oxygens (including phenoxy) is 1. The second-order valence-electron chi connectivity index (χ2n) is 5.70. The molecule has 0 radical (unpaired) electrons. The molecule has 2 heterocycles. The highest BCUT2D eigenvalue weighted by Gasteiger charge is 2.23. The first-order chi connectivity index (χ1) is 12.2. The molecule has 0 spiro atoms. The van der Waals surface area contributed by atoms with Crippen LogP contribution in [0.5, 0.6) is 5.75 Å². The van der Waals surface area contributed by atoms with Gasteiger partial charge >= 0.3 is 0 Å². The highest BCUT2D eigenvalue weighted by Crippen LogP contribution is 2.32. The number of sulfonamides is 1. The second-order valence-corrected chi connectivity index (χ2v) is 8.31. The number of fused-ring (bicyclic) bond motifs is 1. The van der Waals surface area contributed by atoms with E-state index in [1.807, 2.05) is 0 Å². The number of carbonyl (C=O) groups excluding carboxylic acids is 2. The number of hydrogen-bond donors (Lipinski definition) is 3. The Balaban J connectivity index is 1.64. The van der Waals surface area contributed by atoms with Crippen molar-refractivity contribution in [3.63, 3.8) is 0 Å². The highest BCUT2D eigenvalue weighted by molar-refractivity contribution is 7.92. The number of thiazole rings is 1. The van der Waals surface area contributed by atoms with E-state index in [9.17, 15) is 18.0 Å². The zero-order valence-electron chi connectivity index (χ0n) is 13.9. The Morgan fingerprint density at radius 1 is 1.42 bits per heavy atom. The van der Waals surface area contributed by atoms with Crippen LogP contribution >= 0.6 is 11.3 Å². The fourth-order valence-corrected chi connectivity index (χ4v) is 3.81. The van der Waals surface area contributed by atoms with Gasteiger partial charge in [-0.1, -0.05) is 0 Å². The van der Waals surface area contributed by atoms with Gasteiger partial charge in [0.05, 0.1) is 24.1 Å². The Labute approximate surface area is 153 Å². The van der Waals surface area contributed by atoms with Crippen LogP contribution in [0, 0.1) is 0 Å². The normalized spacial score (nSPS) is 16.2. The van der Waals surface area contributed by atoms with Gasteiger partial charge < -0.3 is 15.4 Å². The van der Waals surface area contributed by atoms with Crippen molar-refractivity contribution in [2.24, 2.45) is 0 Å². The molecule has 0 bridgehead atoms. The Morgan fingerprint density at radius 3 is 2.92 bits per heavy atom. The summed E-state index contributed by atoms with van der Waals surface area (Å²) in [7, 11) is -3.41. The molecule has 0 aliphatic carbocycles. The summed E-state index contributed by atoms with van der Waals surface area (Å²) in [4.78, 5) is 27.9. The van der Waals surface area contributed by atoms with E-state index in [1.54, 1.807) is 30.5 Å². The summed E-state index contributed by atoms with van der Waals surface area (Å²) in [6, 6.07) is 4.94. The number of hydrogen-bond acceptors (Lipinski definition) is 7. The Hall–Kier alpha value is -2.66. The second kappa shape index (κ2) is 6.92. The van der Waals surface area contributed by atoms with Crippen molar-refractivity contribution in [2.45, 2.75) is 19.4 Å². The van der Waals surface area contributed by atoms with E-state index in [0.717, 1.165) is 17.6 Å². The van der Waals surface area contributed by atoms with Crippen molar-refractivity contribution >= 4 is 49.7 Å². The summed E-state index contributed by atoms with van der Waals surface area (Å²) in [5.74, 6) is -0.0435. The monoisotopic (exact) mass is 396 g/mol. The highest BCUT2D eigenvalue weighted by atomic mass is 32.2. The lowest BCUT2D eigenvalue weighted by Gasteiger charge is -2.23. The molecule has 9 nitrogen and oxygen atoms in total. The first-order valence-corrected chi connectivity index (χ1v) is 10.3. The fourth-order valence-electron chi connectivity index (χ4n) is 2.25. The lowest BCUT2D eigenvalue weighted by molar-refractivity contribution is -0.122. The minimum atomic E-state index is -3.41. The molecule has 2 amide bonds. The maximum atomic E-state index is 12.2. The van der Waals surface area contributed by atoms with Crippen LogP contribution in [0.4, 0.5) is 16.5 Å². The third-order valence-corrected chi connectivity index (χ3v) is 4.86. The molecule has 1 atom stereocenters. The van der Waals surface area contributed by atoms with Gasteiger partial charge in [0.2, 0.25) is 15.9 Å². The SMILES string of the molecule is C[C@H]1Oc2ccc(NC(=O)Cc3csc(NS(C)(=O)=O)n3)cc2NC1=O. The Morgan fingerprint density at radius 2 is 2.19 bits per heavy atom. The number of carbonyl (C=O) groups is 2. The van der Waals surface area contributed by atoms with Gasteiger partial charge in [-0.2, -0.15) is 0 Å². The van der Waals surface area contributed by atoms with Gasteiger partial charge in [-0.05, 0) is 25.1 Å². The number of benzene rings is 1. The van der Waals surface area contributed by atoms with Crippen molar-refractivity contribution in [2.75, 3.05) is 21.6 Å². The molecule has 1 aromatic carbocycles. The lowest BCUT2D eigenvalue weighted by atomic mass is 10.2. The summed E-state index contributed by atoms with van der Waals surface area (Å²) in [6.07, 6.45) is 0.446. The molecule has 2 aromatic rings. The van der Waals surface area contributed by atoms with E-state index in [2.05, 4.69) is 20.3 Å². The van der Waals surface area contributed by atoms with Gasteiger partial charge in [0, 0.05) is 11.1 Å². The van der Waals surface area contributed by atoms with Crippen molar-refractivity contribution < 1.29 is 22.7 Å². The average molecular weight is 396 g/mol. The summed E-state index contributed by atoms with van der Waals surface area (Å²) in [5.41, 5.74) is 1.43. The first kappa shape index (κ1) is 18.1. The van der Waals surface area contributed by atoms with Crippen LogP contribution in [0.15, 0.2) is 23.6 Å². The lowest BCUT2D eigenvalue weighted by Crippen LogP contribution is -2.34. The van der Waals surface area contributed by atoms with Crippen LogP contribution in [0.3, 0.4) is 0 Å². The number of rotatable bonds is 5. The maximum absolute atomic E-state index is 12.2. The van der Waals surface area contributed by atoms with Crippen LogP contribution in [0.1, 0.15) is 12.6 Å². The number of amides is 2. The summed E-state index contributed by atoms with van der Waals surface area (Å²) in [5, 5.41) is 7.22. The van der Waals surface area contributed by atoms with E-state index in [0.29, 0.717) is 22.8 Å². The molecule has 3 N–H and O–H groups in total. The Kier molecular flexibility index (Phi) is 4.83. The number of aromatic nitrogens is 1. The van der Waals surface area contributed by atoms with Crippen molar-refractivity contribution in [1.82, 2.24) is 4.98 Å². The molecule has 11 heteroatoms. The summed E-state index contributed by atoms with van der Waals surface area (Å²) >= 11 is 1.10. The standard InChI is InChI=1S/C15H16N4O5S2/c1-8-14(21)18-11-5-9(3-4-12(11)24-8)16-13(20)6-10-7-25-15(17-10)19-26(2,22)23/h3-5,7-8H,6H2,1-2H3,(H,16,20)(H,17,19)(H,18,21)/t8-/m1/s1. The number of nitrogens with zero attached hydrogens (tertiary/aromatic N) is 1. The molecule has 0 fully saturated rings. The van der Waals surface area contributed by atoms with Gasteiger partial charge in [-0.25, -0.2) is 13.4 Å². The fraction of sp³-hybridized carbons (Fsp3) is 0.267. The quantitative estimate of drug-likeness (QED) is 0.701. The molecule has 0 saturated heterocycles. The van der Waals surface area contributed by atoms with Crippen LogP contribution in [-0.2, 0) is 26.0 Å². The van der Waals surface area contributed by atoms with Gasteiger partial charge in [-0.3, -0.25) is 14.3 Å². The van der Waals surface area contributed by atoms with E-state index in [-0.39, 0.29) is 23.4 Å². The van der Waals surface area contributed by atoms with Crippen LogP contribution in [0.25, 0.3) is 0 Å². The smallest absolute Gasteiger partial charge is 0.265 e. The molecule has 1 aliphatic rings. The van der Waals surface area contributed by atoms with Gasteiger partial charge in [-0.15, -0.1) is 11.3 Å². The number of nitrogens with one attached hydrogen (secondary N) is 3. The summed E-state index contributed by atoms with van der Waals surface area (Å²) in [6.45, 7) is 1.65. The molecule has 1 aromatic heterocycles. The topological polar surface area (TPSA) is 126 Å². The summed E-state index contributed by atoms with van der Waals surface area (Å²) < 4.78 is 30.1. The molecular weight excluding hydrogens is 380 g/mol. The molecule has 1 aliphatic heterocycles. The van der Waals surface area contributed by atoms with Crippen molar-refractivity contribution in [1.29, 1.82) is 0 Å². The third-order valence-electron chi connectivity index (χ3n) is 3.36. The van der Waals surface area contributed by atoms with E-state index in [1.165, 1.54) is 0 Å². The molecule has 0 saturated carbocycles. The minimum absolute atomic E-state index is 0.0150. The van der Waals surface area contributed by atoms with Crippen molar-refractivity contribution in [3.8, 4) is 5.75 Å². The van der Waals surface area contributed by atoms with E-state index < -0.39 is 16.1 Å². The zero-order chi connectivity index (χ0) is 18.9. The zero-order valence-corrected chi connectivity index (χ0v) is 15.5. The van der Waals surface area contributed by atoms with Crippen LogP contribution < -0.4 is 20.1 Å². The largest absolute Gasteiger partial charge is 0.479 e. The number of anilines is 3. The van der Waals surface area contributed by atoms with E-state index in [4.69, 9.17) is 4.74 Å². The van der Waals surface area contributed by atoms with Gasteiger partial charge in [0.25, 0.3) is 5.91 Å². The molecular formula is C15H16N4O5S2. The Bertz CT molecular complexity index is 970. The molecule has 26 heavy (non-hydrogen) atoms. The van der Waals surface area contributed by atoms with Crippen LogP contribution in [-0.4, -0.2) is 37.6 Å². The molecule has 3 rings (SSSR count). The van der Waals surface area contributed by atoms with E-state index >= 15 is 0 Å². The molecule has 138 valence electrons. The average Bonchev–Trinajstić information content (AvgIpc) is 2.93. The third kappa shape index (κ3) is 4.49. The maximum Gasteiger partial charge on any atom is 0.265 e. The minimum Gasteiger partial charge on any atom is -0.479 e. The molecule has 0 unspecified atom stereocenters. The van der Waals surface area contributed by atoms with Crippen LogP contribution in [0.2, 0.25) is 0 Å².